The Morgan fingerprint density at radius 3 is 2.32 bits per heavy atom. The van der Waals surface area contributed by atoms with Crippen LogP contribution in [0.5, 0.6) is 0 Å². The summed E-state index contributed by atoms with van der Waals surface area (Å²) in [4.78, 5) is 0. The Morgan fingerprint density at radius 1 is 0.947 bits per heavy atom. The summed E-state index contributed by atoms with van der Waals surface area (Å²) in [6, 6.07) is 9.04. The summed E-state index contributed by atoms with van der Waals surface area (Å²) in [5.74, 6) is 4.46. The second-order valence-electron chi connectivity index (χ2n) is 3.93. The molecule has 2 rings (SSSR count). The molecule has 19 heavy (non-hydrogen) atoms. The van der Waals surface area contributed by atoms with E-state index in [4.69, 9.17) is 4.74 Å². The monoisotopic (exact) mass is 264 g/mol. The van der Waals surface area contributed by atoms with E-state index in [1.807, 2.05) is 18.2 Å². The van der Waals surface area contributed by atoms with Gasteiger partial charge in [0.1, 0.15) is 0 Å². The molecule has 1 heterocycles. The number of rotatable bonds is 0. The van der Waals surface area contributed by atoms with Crippen LogP contribution in [0.1, 0.15) is 18.4 Å². The molecule has 0 N–H and O–H groups in total. The fourth-order valence-corrected chi connectivity index (χ4v) is 1.54. The first-order valence-corrected chi connectivity index (χ1v) is 5.78. The summed E-state index contributed by atoms with van der Waals surface area (Å²) in [7, 11) is 0. The number of hydrogen-bond donors (Lipinski definition) is 0. The molecule has 0 aliphatic carbocycles. The van der Waals surface area contributed by atoms with Crippen LogP contribution in [0, 0.1) is 11.8 Å². The SMILES string of the molecule is FC(F)(F)C1=CCCC=C(C#Cc2ccccc2)O1. The van der Waals surface area contributed by atoms with E-state index >= 15 is 0 Å². The van der Waals surface area contributed by atoms with Gasteiger partial charge in [-0.25, -0.2) is 0 Å². The highest BCUT2D eigenvalue weighted by molar-refractivity contribution is 5.39. The highest BCUT2D eigenvalue weighted by Gasteiger charge is 2.36. The zero-order valence-corrected chi connectivity index (χ0v) is 10.00. The molecular weight excluding hydrogens is 253 g/mol. The van der Waals surface area contributed by atoms with Crippen molar-refractivity contribution in [3.63, 3.8) is 0 Å². The maximum absolute atomic E-state index is 12.6. The van der Waals surface area contributed by atoms with Crippen molar-refractivity contribution in [2.45, 2.75) is 19.0 Å². The van der Waals surface area contributed by atoms with Gasteiger partial charge in [0, 0.05) is 5.56 Å². The first kappa shape index (κ1) is 13.3. The maximum atomic E-state index is 12.6. The third-order valence-electron chi connectivity index (χ3n) is 2.43. The number of allylic oxidation sites excluding steroid dienone is 4. The quantitative estimate of drug-likeness (QED) is 0.639. The maximum Gasteiger partial charge on any atom is 0.449 e. The highest BCUT2D eigenvalue weighted by Crippen LogP contribution is 2.30. The first-order chi connectivity index (χ1) is 9.05. The van der Waals surface area contributed by atoms with Crippen molar-refractivity contribution in [3.05, 3.63) is 59.6 Å². The molecule has 0 spiro atoms. The topological polar surface area (TPSA) is 9.23 Å². The zero-order chi connectivity index (χ0) is 13.7. The average Bonchev–Trinajstić information content (AvgIpc) is 2.62. The fourth-order valence-electron chi connectivity index (χ4n) is 1.54. The van der Waals surface area contributed by atoms with Gasteiger partial charge in [0.15, 0.2) is 5.76 Å². The van der Waals surface area contributed by atoms with E-state index in [9.17, 15) is 13.2 Å². The van der Waals surface area contributed by atoms with Crippen LogP contribution in [0.2, 0.25) is 0 Å². The average molecular weight is 264 g/mol. The molecule has 1 aromatic rings. The lowest BCUT2D eigenvalue weighted by molar-refractivity contribution is -0.123. The third kappa shape index (κ3) is 3.92. The van der Waals surface area contributed by atoms with Gasteiger partial charge in [-0.3, -0.25) is 0 Å². The van der Waals surface area contributed by atoms with Crippen LogP contribution in [-0.2, 0) is 4.74 Å². The van der Waals surface area contributed by atoms with Gasteiger partial charge in [-0.05, 0) is 43.0 Å². The third-order valence-corrected chi connectivity index (χ3v) is 2.43. The standard InChI is InChI=1S/C15H11F3O/c16-15(17,18)14-9-5-4-8-13(19-14)11-10-12-6-2-1-3-7-12/h1-3,6-9H,4-5H2. The smallest absolute Gasteiger partial charge is 0.444 e. The Hall–Kier alpha value is -2.15. The summed E-state index contributed by atoms with van der Waals surface area (Å²) in [6.45, 7) is 0. The molecule has 1 aliphatic heterocycles. The van der Waals surface area contributed by atoms with Crippen molar-refractivity contribution in [1.29, 1.82) is 0 Å². The lowest BCUT2D eigenvalue weighted by Crippen LogP contribution is -2.14. The second kappa shape index (κ2) is 5.66. The van der Waals surface area contributed by atoms with E-state index in [2.05, 4.69) is 11.8 Å². The molecule has 0 atom stereocenters. The molecular formula is C15H11F3O. The van der Waals surface area contributed by atoms with Crippen molar-refractivity contribution in [2.24, 2.45) is 0 Å². The normalized spacial score (nSPS) is 15.3. The molecule has 0 unspecified atom stereocenters. The molecule has 0 radical (unpaired) electrons. The van der Waals surface area contributed by atoms with Crippen LogP contribution in [0.4, 0.5) is 13.2 Å². The lowest BCUT2D eigenvalue weighted by Gasteiger charge is -2.11. The van der Waals surface area contributed by atoms with Gasteiger partial charge in [-0.2, -0.15) is 13.2 Å². The van der Waals surface area contributed by atoms with Crippen molar-refractivity contribution >= 4 is 0 Å². The molecule has 4 heteroatoms. The molecule has 0 saturated carbocycles. The van der Waals surface area contributed by atoms with E-state index in [0.717, 1.165) is 11.6 Å². The Morgan fingerprint density at radius 2 is 1.63 bits per heavy atom. The van der Waals surface area contributed by atoms with E-state index < -0.39 is 11.9 Å². The Balaban J connectivity index is 2.16. The predicted octanol–water partition coefficient (Wildman–Crippen LogP) is 4.18. The minimum atomic E-state index is -4.47. The molecule has 0 amide bonds. The predicted molar refractivity (Wildman–Crippen MR) is 65.9 cm³/mol. The van der Waals surface area contributed by atoms with Gasteiger partial charge in [-0.15, -0.1) is 0 Å². The van der Waals surface area contributed by atoms with Crippen LogP contribution in [-0.4, -0.2) is 6.18 Å². The number of alkyl halides is 3. The van der Waals surface area contributed by atoms with Crippen LogP contribution >= 0.6 is 0 Å². The van der Waals surface area contributed by atoms with Gasteiger partial charge in [0.2, 0.25) is 5.76 Å². The number of hydrogen-bond acceptors (Lipinski definition) is 1. The van der Waals surface area contributed by atoms with Crippen LogP contribution < -0.4 is 0 Å². The minimum absolute atomic E-state index is 0.0462. The molecule has 0 saturated heterocycles. The molecule has 0 aromatic heterocycles. The van der Waals surface area contributed by atoms with Gasteiger partial charge >= 0.3 is 6.18 Å². The van der Waals surface area contributed by atoms with Crippen LogP contribution in [0.3, 0.4) is 0 Å². The molecule has 0 fully saturated rings. The van der Waals surface area contributed by atoms with Gasteiger partial charge in [-0.1, -0.05) is 24.1 Å². The molecule has 1 nitrogen and oxygen atoms in total. The van der Waals surface area contributed by atoms with Gasteiger partial charge in [0.25, 0.3) is 0 Å². The molecule has 98 valence electrons. The Labute approximate surface area is 109 Å². The van der Waals surface area contributed by atoms with Crippen molar-refractivity contribution < 1.29 is 17.9 Å². The van der Waals surface area contributed by atoms with Gasteiger partial charge < -0.3 is 4.74 Å². The Bertz CT molecular complexity index is 557. The van der Waals surface area contributed by atoms with Gasteiger partial charge in [0.05, 0.1) is 0 Å². The van der Waals surface area contributed by atoms with Crippen molar-refractivity contribution in [1.82, 2.24) is 0 Å². The van der Waals surface area contributed by atoms with Crippen molar-refractivity contribution in [2.75, 3.05) is 0 Å². The molecule has 0 bridgehead atoms. The molecule has 1 aromatic carbocycles. The fraction of sp³-hybridized carbons (Fsp3) is 0.200. The highest BCUT2D eigenvalue weighted by atomic mass is 19.4. The summed E-state index contributed by atoms with van der Waals surface area (Å²) >= 11 is 0. The summed E-state index contributed by atoms with van der Waals surface area (Å²) < 4.78 is 42.6. The van der Waals surface area contributed by atoms with E-state index in [0.29, 0.717) is 12.8 Å². The lowest BCUT2D eigenvalue weighted by atomic mass is 10.2. The first-order valence-electron chi connectivity index (χ1n) is 5.78. The van der Waals surface area contributed by atoms with E-state index in [1.165, 1.54) is 0 Å². The second-order valence-corrected chi connectivity index (χ2v) is 3.93. The summed E-state index contributed by atoms with van der Waals surface area (Å²) in [6.07, 6.45) is -1.07. The Kier molecular flexibility index (Phi) is 3.96. The number of benzene rings is 1. The number of halogens is 3. The molecule has 1 aliphatic rings. The summed E-state index contributed by atoms with van der Waals surface area (Å²) in [5.41, 5.74) is 0.730. The van der Waals surface area contributed by atoms with Crippen molar-refractivity contribution in [3.8, 4) is 11.8 Å². The van der Waals surface area contributed by atoms with Crippen LogP contribution in [0.25, 0.3) is 0 Å². The minimum Gasteiger partial charge on any atom is -0.444 e. The van der Waals surface area contributed by atoms with E-state index in [-0.39, 0.29) is 5.76 Å². The largest absolute Gasteiger partial charge is 0.449 e. The van der Waals surface area contributed by atoms with Crippen LogP contribution in [0.15, 0.2) is 54.0 Å². The number of ether oxygens (including phenoxy) is 1. The summed E-state index contributed by atoms with van der Waals surface area (Å²) in [5, 5.41) is 0. The zero-order valence-electron chi connectivity index (χ0n) is 10.00. The van der Waals surface area contributed by atoms with E-state index in [1.54, 1.807) is 18.2 Å².